The summed E-state index contributed by atoms with van der Waals surface area (Å²) in [5.74, 6) is 1.77. The molecule has 0 aromatic carbocycles. The second kappa shape index (κ2) is 9.89. The van der Waals surface area contributed by atoms with E-state index in [1.165, 1.54) is 32.5 Å². The van der Waals surface area contributed by atoms with Gasteiger partial charge in [-0.15, -0.1) is 0 Å². The van der Waals surface area contributed by atoms with Crippen LogP contribution in [0.4, 0.5) is 11.8 Å². The first kappa shape index (κ1) is 18.4. The molecular formula is C18H32N6O. The van der Waals surface area contributed by atoms with E-state index in [1.807, 2.05) is 12.3 Å². The van der Waals surface area contributed by atoms with Gasteiger partial charge in [0, 0.05) is 45.5 Å². The Morgan fingerprint density at radius 2 is 1.84 bits per heavy atom. The maximum Gasteiger partial charge on any atom is 0.227 e. The van der Waals surface area contributed by atoms with E-state index < -0.39 is 0 Å². The van der Waals surface area contributed by atoms with E-state index in [0.717, 1.165) is 64.2 Å². The molecule has 1 aromatic heterocycles. The molecule has 2 aliphatic heterocycles. The number of aromatic nitrogens is 2. The van der Waals surface area contributed by atoms with Gasteiger partial charge < -0.3 is 19.9 Å². The van der Waals surface area contributed by atoms with Crippen molar-refractivity contribution < 1.29 is 4.74 Å². The lowest BCUT2D eigenvalue weighted by Gasteiger charge is -2.28. The van der Waals surface area contributed by atoms with Crippen LogP contribution in [-0.4, -0.2) is 91.9 Å². The number of nitrogens with one attached hydrogen (secondary N) is 1. The Morgan fingerprint density at radius 1 is 1.04 bits per heavy atom. The first-order valence-corrected chi connectivity index (χ1v) is 9.69. The van der Waals surface area contributed by atoms with Gasteiger partial charge >= 0.3 is 0 Å². The summed E-state index contributed by atoms with van der Waals surface area (Å²) in [6, 6.07) is 1.93. The summed E-state index contributed by atoms with van der Waals surface area (Å²) >= 11 is 0. The van der Waals surface area contributed by atoms with Gasteiger partial charge in [0.1, 0.15) is 5.82 Å². The monoisotopic (exact) mass is 348 g/mol. The molecular weight excluding hydrogens is 316 g/mol. The maximum absolute atomic E-state index is 5.42. The lowest BCUT2D eigenvalue weighted by atomic mass is 10.3. The molecule has 0 unspecified atom stereocenters. The SMILES string of the molecule is CCNc1ccnc(N2CCCN(CCCN3CCOCC3)CC2)n1. The minimum atomic E-state index is 0.855. The van der Waals surface area contributed by atoms with Crippen molar-refractivity contribution >= 4 is 11.8 Å². The van der Waals surface area contributed by atoms with Gasteiger partial charge in [0.2, 0.25) is 5.95 Å². The van der Waals surface area contributed by atoms with Gasteiger partial charge in [0.15, 0.2) is 0 Å². The van der Waals surface area contributed by atoms with Gasteiger partial charge in [-0.2, -0.15) is 4.98 Å². The molecule has 0 spiro atoms. The second-order valence-corrected chi connectivity index (χ2v) is 6.76. The van der Waals surface area contributed by atoms with Crippen LogP contribution in [0.3, 0.4) is 0 Å². The van der Waals surface area contributed by atoms with E-state index in [0.29, 0.717) is 0 Å². The zero-order chi connectivity index (χ0) is 17.3. The number of hydrogen-bond donors (Lipinski definition) is 1. The van der Waals surface area contributed by atoms with Crippen LogP contribution in [0, 0.1) is 0 Å². The van der Waals surface area contributed by atoms with Crippen molar-refractivity contribution in [3.8, 4) is 0 Å². The van der Waals surface area contributed by atoms with Crippen molar-refractivity contribution in [1.29, 1.82) is 0 Å². The molecule has 0 aliphatic carbocycles. The summed E-state index contributed by atoms with van der Waals surface area (Å²) in [5.41, 5.74) is 0. The number of nitrogens with zero attached hydrogens (tertiary/aromatic N) is 5. The quantitative estimate of drug-likeness (QED) is 0.793. The minimum absolute atomic E-state index is 0.855. The number of ether oxygens (including phenoxy) is 1. The molecule has 3 rings (SSSR count). The fourth-order valence-electron chi connectivity index (χ4n) is 3.52. The average Bonchev–Trinajstić information content (AvgIpc) is 2.89. The Balaban J connectivity index is 1.43. The topological polar surface area (TPSA) is 56.8 Å². The normalized spacial score (nSPS) is 20.4. The van der Waals surface area contributed by atoms with Gasteiger partial charge in [0.25, 0.3) is 0 Å². The highest BCUT2D eigenvalue weighted by Gasteiger charge is 2.17. The smallest absolute Gasteiger partial charge is 0.227 e. The van der Waals surface area contributed by atoms with E-state index in [9.17, 15) is 0 Å². The highest BCUT2D eigenvalue weighted by molar-refractivity contribution is 5.41. The average molecular weight is 348 g/mol. The van der Waals surface area contributed by atoms with Crippen LogP contribution in [-0.2, 0) is 4.74 Å². The minimum Gasteiger partial charge on any atom is -0.379 e. The molecule has 1 N–H and O–H groups in total. The standard InChI is InChI=1S/C18H32N6O/c1-2-19-17-5-6-20-18(21-17)24-10-4-9-22(11-12-24)7-3-8-23-13-15-25-16-14-23/h5-6H,2-4,7-16H2,1H3,(H,19,20,21). The first-order chi connectivity index (χ1) is 12.3. The van der Waals surface area contributed by atoms with Crippen molar-refractivity contribution in [2.45, 2.75) is 19.8 Å². The summed E-state index contributed by atoms with van der Waals surface area (Å²) in [6.45, 7) is 13.6. The van der Waals surface area contributed by atoms with E-state index in [1.54, 1.807) is 0 Å². The summed E-state index contributed by atoms with van der Waals surface area (Å²) in [6.07, 6.45) is 4.27. The fourth-order valence-corrected chi connectivity index (χ4v) is 3.52. The highest BCUT2D eigenvalue weighted by atomic mass is 16.5. The van der Waals surface area contributed by atoms with Crippen molar-refractivity contribution in [2.75, 3.05) is 82.3 Å². The zero-order valence-electron chi connectivity index (χ0n) is 15.5. The summed E-state index contributed by atoms with van der Waals surface area (Å²) in [7, 11) is 0. The van der Waals surface area contributed by atoms with Gasteiger partial charge in [-0.3, -0.25) is 4.90 Å². The van der Waals surface area contributed by atoms with Crippen LogP contribution in [0.5, 0.6) is 0 Å². The van der Waals surface area contributed by atoms with E-state index in [-0.39, 0.29) is 0 Å². The first-order valence-electron chi connectivity index (χ1n) is 9.69. The van der Waals surface area contributed by atoms with E-state index >= 15 is 0 Å². The van der Waals surface area contributed by atoms with Crippen LogP contribution >= 0.6 is 0 Å². The molecule has 0 atom stereocenters. The van der Waals surface area contributed by atoms with Gasteiger partial charge in [-0.25, -0.2) is 4.98 Å². The molecule has 140 valence electrons. The molecule has 0 bridgehead atoms. The molecule has 7 nitrogen and oxygen atoms in total. The Morgan fingerprint density at radius 3 is 2.64 bits per heavy atom. The molecule has 0 radical (unpaired) electrons. The molecule has 0 amide bonds. The number of rotatable bonds is 7. The van der Waals surface area contributed by atoms with Crippen LogP contribution in [0.25, 0.3) is 0 Å². The number of anilines is 2. The van der Waals surface area contributed by atoms with Crippen LogP contribution < -0.4 is 10.2 Å². The lowest BCUT2D eigenvalue weighted by molar-refractivity contribution is 0.0362. The van der Waals surface area contributed by atoms with Crippen LogP contribution in [0.2, 0.25) is 0 Å². The third-order valence-corrected chi connectivity index (χ3v) is 4.92. The molecule has 7 heteroatoms. The van der Waals surface area contributed by atoms with Gasteiger partial charge in [-0.05, 0) is 45.5 Å². The number of hydrogen-bond acceptors (Lipinski definition) is 7. The molecule has 25 heavy (non-hydrogen) atoms. The van der Waals surface area contributed by atoms with Crippen molar-refractivity contribution in [3.63, 3.8) is 0 Å². The zero-order valence-corrected chi connectivity index (χ0v) is 15.5. The highest BCUT2D eigenvalue weighted by Crippen LogP contribution is 2.14. The third-order valence-electron chi connectivity index (χ3n) is 4.92. The van der Waals surface area contributed by atoms with Crippen LogP contribution in [0.15, 0.2) is 12.3 Å². The largest absolute Gasteiger partial charge is 0.379 e. The summed E-state index contributed by atoms with van der Waals surface area (Å²) in [5, 5.41) is 3.27. The Kier molecular flexibility index (Phi) is 7.26. The third kappa shape index (κ3) is 5.80. The molecule has 3 heterocycles. The summed E-state index contributed by atoms with van der Waals surface area (Å²) in [4.78, 5) is 16.6. The Bertz CT molecular complexity index is 508. The van der Waals surface area contributed by atoms with Crippen LogP contribution in [0.1, 0.15) is 19.8 Å². The molecule has 1 aromatic rings. The molecule has 2 aliphatic rings. The van der Waals surface area contributed by atoms with Gasteiger partial charge in [-0.1, -0.05) is 0 Å². The van der Waals surface area contributed by atoms with Crippen molar-refractivity contribution in [2.24, 2.45) is 0 Å². The molecule has 0 saturated carbocycles. The Labute approximate surface area is 151 Å². The second-order valence-electron chi connectivity index (χ2n) is 6.76. The van der Waals surface area contributed by atoms with Crippen molar-refractivity contribution in [1.82, 2.24) is 19.8 Å². The maximum atomic E-state index is 5.42. The van der Waals surface area contributed by atoms with E-state index in [4.69, 9.17) is 4.74 Å². The predicted molar refractivity (Wildman–Crippen MR) is 101 cm³/mol. The number of morpholine rings is 1. The Hall–Kier alpha value is -1.44. The fraction of sp³-hybridized carbons (Fsp3) is 0.778. The summed E-state index contributed by atoms with van der Waals surface area (Å²) < 4.78 is 5.42. The van der Waals surface area contributed by atoms with E-state index in [2.05, 4.69) is 36.9 Å². The van der Waals surface area contributed by atoms with Gasteiger partial charge in [0.05, 0.1) is 13.2 Å². The lowest BCUT2D eigenvalue weighted by Crippen LogP contribution is -2.38. The van der Waals surface area contributed by atoms with Crippen molar-refractivity contribution in [3.05, 3.63) is 12.3 Å². The molecule has 2 fully saturated rings. The predicted octanol–water partition coefficient (Wildman–Crippen LogP) is 1.14. The molecule has 2 saturated heterocycles.